The van der Waals surface area contributed by atoms with E-state index in [1.165, 1.54) is 111 Å². The third kappa shape index (κ3) is 6.91. The van der Waals surface area contributed by atoms with E-state index < -0.39 is 16.1 Å². The number of fused-ring (bicyclic) bond motifs is 6. The molecule has 314 valence electrons. The third-order valence-electron chi connectivity index (χ3n) is 14.1. The topological polar surface area (TPSA) is 6.48 Å². The summed E-state index contributed by atoms with van der Waals surface area (Å²) in [6.07, 6.45) is 0. The van der Waals surface area contributed by atoms with Crippen LogP contribution in [0.4, 0.5) is 34.1 Å². The first-order valence-electron chi connectivity index (χ1n) is 22.6. The lowest BCUT2D eigenvalue weighted by Gasteiger charge is -2.29. The molecule has 2 aliphatic carbocycles. The summed E-state index contributed by atoms with van der Waals surface area (Å²) in [7, 11) is -2.89. The minimum Gasteiger partial charge on any atom is -0.310 e. The zero-order valence-electron chi connectivity index (χ0n) is 39.6. The molecule has 0 aliphatic heterocycles. The van der Waals surface area contributed by atoms with Crippen LogP contribution in [0.2, 0.25) is 39.3 Å². The smallest absolute Gasteiger partial charge is 0.0775 e. The van der Waals surface area contributed by atoms with Crippen molar-refractivity contribution in [2.24, 2.45) is 0 Å². The van der Waals surface area contributed by atoms with Crippen LogP contribution in [0.15, 0.2) is 133 Å². The summed E-state index contributed by atoms with van der Waals surface area (Å²) < 4.78 is 0. The molecule has 7 aromatic carbocycles. The van der Waals surface area contributed by atoms with Crippen LogP contribution in [0.5, 0.6) is 0 Å². The van der Waals surface area contributed by atoms with Crippen molar-refractivity contribution >= 4 is 60.6 Å². The lowest BCUT2D eigenvalue weighted by atomic mass is 9.79. The number of aryl methyl sites for hydroxylation is 4. The first-order valence-corrected chi connectivity index (χ1v) is 29.6. The number of anilines is 6. The van der Waals surface area contributed by atoms with E-state index in [4.69, 9.17) is 0 Å². The lowest BCUT2D eigenvalue weighted by molar-refractivity contribution is 0.652. The summed E-state index contributed by atoms with van der Waals surface area (Å²) in [5, 5.41) is 2.96. The molecule has 0 amide bonds. The lowest BCUT2D eigenvalue weighted by Crippen LogP contribution is -2.37. The maximum absolute atomic E-state index is 2.57. The molecular formula is C58H64N2Si2. The highest BCUT2D eigenvalue weighted by molar-refractivity contribution is 6.89. The number of rotatable bonds is 8. The van der Waals surface area contributed by atoms with Gasteiger partial charge in [0.2, 0.25) is 0 Å². The van der Waals surface area contributed by atoms with Crippen LogP contribution >= 0.6 is 0 Å². The van der Waals surface area contributed by atoms with Gasteiger partial charge >= 0.3 is 0 Å². The second-order valence-corrected chi connectivity index (χ2v) is 31.7. The monoisotopic (exact) mass is 844 g/mol. The first-order chi connectivity index (χ1) is 29.1. The van der Waals surface area contributed by atoms with Crippen molar-refractivity contribution in [2.45, 2.75) is 106 Å². The molecule has 2 aliphatic rings. The van der Waals surface area contributed by atoms with Crippen molar-refractivity contribution < 1.29 is 0 Å². The molecular weight excluding hydrogens is 781 g/mol. The Morgan fingerprint density at radius 3 is 0.919 bits per heavy atom. The molecule has 9 rings (SSSR count). The van der Waals surface area contributed by atoms with Gasteiger partial charge in [0.1, 0.15) is 0 Å². The van der Waals surface area contributed by atoms with Gasteiger partial charge in [-0.05, 0) is 168 Å². The van der Waals surface area contributed by atoms with Crippen LogP contribution in [0.25, 0.3) is 22.3 Å². The van der Waals surface area contributed by atoms with Gasteiger partial charge in [-0.2, -0.15) is 0 Å². The van der Waals surface area contributed by atoms with Gasteiger partial charge in [0, 0.05) is 45.0 Å². The molecule has 0 bridgehead atoms. The van der Waals surface area contributed by atoms with E-state index in [-0.39, 0.29) is 10.8 Å². The molecule has 0 radical (unpaired) electrons. The summed E-state index contributed by atoms with van der Waals surface area (Å²) >= 11 is 0. The maximum atomic E-state index is 2.57. The average molecular weight is 845 g/mol. The zero-order chi connectivity index (χ0) is 44.3. The molecule has 0 fully saturated rings. The highest BCUT2D eigenvalue weighted by Crippen LogP contribution is 2.59. The van der Waals surface area contributed by atoms with Crippen molar-refractivity contribution in [3.05, 3.63) is 178 Å². The fourth-order valence-corrected chi connectivity index (χ4v) is 12.7. The van der Waals surface area contributed by atoms with Crippen molar-refractivity contribution in [3.8, 4) is 22.3 Å². The largest absolute Gasteiger partial charge is 0.310 e. The first kappa shape index (κ1) is 41.9. The average Bonchev–Trinajstić information content (AvgIpc) is 3.57. The van der Waals surface area contributed by atoms with Gasteiger partial charge in [0.05, 0.1) is 16.1 Å². The molecule has 0 spiro atoms. The van der Waals surface area contributed by atoms with Crippen LogP contribution in [0.3, 0.4) is 0 Å². The van der Waals surface area contributed by atoms with E-state index in [0.29, 0.717) is 0 Å². The van der Waals surface area contributed by atoms with E-state index in [1.54, 1.807) is 0 Å². The van der Waals surface area contributed by atoms with Gasteiger partial charge in [-0.1, -0.05) is 137 Å². The van der Waals surface area contributed by atoms with E-state index in [0.717, 1.165) is 0 Å². The summed E-state index contributed by atoms with van der Waals surface area (Å²) in [5.41, 5.74) is 23.2. The number of benzene rings is 7. The maximum Gasteiger partial charge on any atom is 0.0775 e. The Morgan fingerprint density at radius 1 is 0.339 bits per heavy atom. The van der Waals surface area contributed by atoms with Crippen molar-refractivity contribution in [2.75, 3.05) is 9.80 Å². The minimum absolute atomic E-state index is 0.188. The zero-order valence-corrected chi connectivity index (χ0v) is 41.6. The molecule has 2 nitrogen and oxygen atoms in total. The highest BCUT2D eigenvalue weighted by atomic mass is 28.3. The Bertz CT molecular complexity index is 2670. The fraction of sp³-hybridized carbons (Fsp3) is 0.276. The molecule has 7 aromatic rings. The van der Waals surface area contributed by atoms with Gasteiger partial charge in [-0.25, -0.2) is 0 Å². The quantitative estimate of drug-likeness (QED) is 0.141. The summed E-state index contributed by atoms with van der Waals surface area (Å²) in [4.78, 5) is 4.92. The Morgan fingerprint density at radius 2 is 0.629 bits per heavy atom. The predicted octanol–water partition coefficient (Wildman–Crippen LogP) is 15.6. The van der Waals surface area contributed by atoms with E-state index in [2.05, 4.69) is 238 Å². The Balaban J connectivity index is 1.16. The van der Waals surface area contributed by atoms with Crippen LogP contribution in [-0.4, -0.2) is 16.1 Å². The second-order valence-electron chi connectivity index (χ2n) is 21.5. The van der Waals surface area contributed by atoms with Crippen LogP contribution in [-0.2, 0) is 10.8 Å². The fourth-order valence-electron chi connectivity index (χ4n) is 10.3. The Hall–Kier alpha value is -5.43. The summed E-state index contributed by atoms with van der Waals surface area (Å²) in [6, 6.07) is 51.8. The normalized spacial score (nSPS) is 14.5. The van der Waals surface area contributed by atoms with Crippen molar-refractivity contribution in [1.82, 2.24) is 0 Å². The van der Waals surface area contributed by atoms with Crippen molar-refractivity contribution in [1.29, 1.82) is 0 Å². The summed E-state index contributed by atoms with van der Waals surface area (Å²) in [5.74, 6) is 0. The third-order valence-corrected chi connectivity index (χ3v) is 18.2. The molecule has 0 atom stereocenters. The molecule has 0 unspecified atom stereocenters. The number of hydrogen-bond donors (Lipinski definition) is 0. The van der Waals surface area contributed by atoms with Crippen LogP contribution < -0.4 is 20.2 Å². The van der Waals surface area contributed by atoms with Crippen LogP contribution in [0.1, 0.15) is 72.2 Å². The van der Waals surface area contributed by atoms with Gasteiger partial charge in [0.25, 0.3) is 0 Å². The van der Waals surface area contributed by atoms with E-state index in [1.807, 2.05) is 0 Å². The highest BCUT2D eigenvalue weighted by Gasteiger charge is 2.43. The van der Waals surface area contributed by atoms with E-state index in [9.17, 15) is 0 Å². The molecule has 62 heavy (non-hydrogen) atoms. The SMILES string of the molecule is Cc1ccc(N(c2ccc([Si](C)(C)C)cc2)c2cc(C)c3c(c2)C(C)(C)c2cc4c(cc2-3)C(C)(C)c2cc(N(c3ccc(C)cc3)c3ccc([Si](C)(C)C)cc3)cc(C)c2-4)cc1. The Kier molecular flexibility index (Phi) is 9.85. The standard InChI is InChI=1S/C58H64N2Si2/c1-37-15-19-41(20-16-37)59(43-23-27-47(28-24-43)61(9,10)11)45-31-39(3)55-49-35-52-50(36-51(49)57(5,6)53(55)33-45)56-40(4)32-46(34-54(56)58(52,7)8)60(42-21-17-38(2)18-22-42)44-25-29-48(30-26-44)62(12,13)14/h15-36H,1-14H3. The minimum atomic E-state index is -1.44. The predicted molar refractivity (Wildman–Crippen MR) is 276 cm³/mol. The molecule has 0 saturated heterocycles. The summed E-state index contributed by atoms with van der Waals surface area (Å²) in [6.45, 7) is 33.3. The number of nitrogens with zero attached hydrogens (tertiary/aromatic N) is 2. The van der Waals surface area contributed by atoms with E-state index >= 15 is 0 Å². The van der Waals surface area contributed by atoms with Gasteiger partial charge in [0.15, 0.2) is 0 Å². The van der Waals surface area contributed by atoms with Gasteiger partial charge in [-0.15, -0.1) is 0 Å². The second kappa shape index (κ2) is 14.6. The Labute approximate surface area is 374 Å². The molecule has 0 saturated carbocycles. The van der Waals surface area contributed by atoms with Crippen LogP contribution in [0, 0.1) is 27.7 Å². The molecule has 0 aromatic heterocycles. The molecule has 4 heteroatoms. The van der Waals surface area contributed by atoms with Crippen molar-refractivity contribution in [3.63, 3.8) is 0 Å². The molecule has 0 heterocycles. The van der Waals surface area contributed by atoms with Gasteiger partial charge in [-0.3, -0.25) is 0 Å². The molecule has 0 N–H and O–H groups in total. The van der Waals surface area contributed by atoms with Gasteiger partial charge < -0.3 is 9.80 Å². The number of hydrogen-bond acceptors (Lipinski definition) is 2.